The van der Waals surface area contributed by atoms with Crippen LogP contribution in [0.3, 0.4) is 0 Å². The fourth-order valence-electron chi connectivity index (χ4n) is 1.62. The second-order valence-electron chi connectivity index (χ2n) is 3.58. The number of esters is 1. The molecule has 1 aromatic carbocycles. The molecule has 5 heteroatoms. The van der Waals surface area contributed by atoms with Crippen molar-refractivity contribution in [2.75, 3.05) is 6.61 Å². The van der Waals surface area contributed by atoms with Gasteiger partial charge in [0.05, 0.1) is 29.4 Å². The summed E-state index contributed by atoms with van der Waals surface area (Å²) in [7, 11) is 1.62. The quantitative estimate of drug-likeness (QED) is 0.728. The van der Waals surface area contributed by atoms with E-state index in [0.717, 1.165) is 0 Å². The van der Waals surface area contributed by atoms with Crippen molar-refractivity contribution in [1.29, 1.82) is 0 Å². The summed E-state index contributed by atoms with van der Waals surface area (Å²) in [6, 6.07) is 4.90. The monoisotopic (exact) mass is 232 g/mol. The van der Waals surface area contributed by atoms with E-state index in [0.29, 0.717) is 23.1 Å². The third-order valence-electron chi connectivity index (χ3n) is 2.44. The van der Waals surface area contributed by atoms with E-state index in [2.05, 4.69) is 4.98 Å². The standard InChI is InChI=1S/C12H12N2O3/c1-3-17-12(16)9-6-4-5-8-10(9)13-7-14(2)11(8)15/h4-7H,3H2,1-2H3. The minimum atomic E-state index is -0.459. The van der Waals surface area contributed by atoms with Gasteiger partial charge >= 0.3 is 5.97 Å². The second kappa shape index (κ2) is 4.37. The van der Waals surface area contributed by atoms with Gasteiger partial charge in [-0.05, 0) is 19.1 Å². The normalized spacial score (nSPS) is 10.5. The number of benzene rings is 1. The van der Waals surface area contributed by atoms with Gasteiger partial charge in [0, 0.05) is 7.05 Å². The molecular formula is C12H12N2O3. The molecule has 0 saturated heterocycles. The first-order chi connectivity index (χ1) is 8.15. The largest absolute Gasteiger partial charge is 0.462 e. The highest BCUT2D eigenvalue weighted by Crippen LogP contribution is 2.13. The number of aromatic nitrogens is 2. The summed E-state index contributed by atoms with van der Waals surface area (Å²) in [5, 5.41) is 0.417. The van der Waals surface area contributed by atoms with Crippen LogP contribution in [0.25, 0.3) is 10.9 Å². The van der Waals surface area contributed by atoms with E-state index in [1.807, 2.05) is 0 Å². The minimum Gasteiger partial charge on any atom is -0.462 e. The van der Waals surface area contributed by atoms with Gasteiger partial charge in [0.15, 0.2) is 0 Å². The molecule has 0 saturated carbocycles. The first-order valence-corrected chi connectivity index (χ1v) is 5.26. The molecule has 0 bridgehead atoms. The molecule has 0 fully saturated rings. The SMILES string of the molecule is CCOC(=O)c1cccc2c(=O)n(C)cnc12. The Balaban J connectivity index is 2.71. The predicted molar refractivity (Wildman–Crippen MR) is 62.9 cm³/mol. The van der Waals surface area contributed by atoms with E-state index in [1.165, 1.54) is 10.9 Å². The molecule has 2 rings (SSSR count). The van der Waals surface area contributed by atoms with E-state index in [4.69, 9.17) is 4.74 Å². The van der Waals surface area contributed by atoms with Crippen LogP contribution in [0.1, 0.15) is 17.3 Å². The van der Waals surface area contributed by atoms with Gasteiger partial charge in [0.25, 0.3) is 5.56 Å². The summed E-state index contributed by atoms with van der Waals surface area (Å²) in [5.74, 6) is -0.459. The summed E-state index contributed by atoms with van der Waals surface area (Å²) < 4.78 is 6.29. The number of para-hydroxylation sites is 1. The Morgan fingerprint density at radius 2 is 2.24 bits per heavy atom. The van der Waals surface area contributed by atoms with Gasteiger partial charge in [-0.1, -0.05) is 6.07 Å². The van der Waals surface area contributed by atoms with Crippen molar-refractivity contribution < 1.29 is 9.53 Å². The highest BCUT2D eigenvalue weighted by atomic mass is 16.5. The lowest BCUT2D eigenvalue weighted by Gasteiger charge is -2.05. The lowest BCUT2D eigenvalue weighted by atomic mass is 10.1. The van der Waals surface area contributed by atoms with E-state index in [1.54, 1.807) is 32.2 Å². The van der Waals surface area contributed by atoms with Crippen LogP contribution in [0.5, 0.6) is 0 Å². The van der Waals surface area contributed by atoms with Crippen LogP contribution in [-0.2, 0) is 11.8 Å². The topological polar surface area (TPSA) is 61.2 Å². The number of ether oxygens (including phenoxy) is 1. The van der Waals surface area contributed by atoms with Crippen molar-refractivity contribution in [2.24, 2.45) is 7.05 Å². The lowest BCUT2D eigenvalue weighted by molar-refractivity contribution is 0.0528. The minimum absolute atomic E-state index is 0.179. The van der Waals surface area contributed by atoms with Crippen molar-refractivity contribution >= 4 is 16.9 Å². The molecular weight excluding hydrogens is 220 g/mol. The Kier molecular flexibility index (Phi) is 2.91. The molecule has 0 radical (unpaired) electrons. The van der Waals surface area contributed by atoms with Crippen LogP contribution in [0.4, 0.5) is 0 Å². The zero-order valence-electron chi connectivity index (χ0n) is 9.64. The fraction of sp³-hybridized carbons (Fsp3) is 0.250. The van der Waals surface area contributed by atoms with Crippen LogP contribution in [0.15, 0.2) is 29.3 Å². The van der Waals surface area contributed by atoms with Gasteiger partial charge in [-0.3, -0.25) is 4.79 Å². The molecule has 2 aromatic rings. The maximum atomic E-state index is 11.8. The zero-order chi connectivity index (χ0) is 12.4. The summed E-state index contributed by atoms with van der Waals surface area (Å²) in [5.41, 5.74) is 0.525. The third kappa shape index (κ3) is 1.91. The average molecular weight is 232 g/mol. The number of hydrogen-bond acceptors (Lipinski definition) is 4. The molecule has 5 nitrogen and oxygen atoms in total. The molecule has 0 aliphatic rings. The van der Waals surface area contributed by atoms with Gasteiger partial charge in [-0.25, -0.2) is 9.78 Å². The van der Waals surface area contributed by atoms with Gasteiger partial charge in [0.2, 0.25) is 0 Å². The van der Waals surface area contributed by atoms with Gasteiger partial charge in [0.1, 0.15) is 0 Å². The molecule has 1 heterocycles. The van der Waals surface area contributed by atoms with Crippen LogP contribution in [0.2, 0.25) is 0 Å². The maximum absolute atomic E-state index is 11.8. The van der Waals surface area contributed by atoms with Crippen molar-refractivity contribution in [2.45, 2.75) is 6.92 Å². The van der Waals surface area contributed by atoms with Crippen molar-refractivity contribution in [3.05, 3.63) is 40.4 Å². The van der Waals surface area contributed by atoms with E-state index >= 15 is 0 Å². The number of hydrogen-bond donors (Lipinski definition) is 0. The molecule has 88 valence electrons. The summed E-state index contributed by atoms with van der Waals surface area (Å²) in [4.78, 5) is 27.6. The number of carbonyl (C=O) groups is 1. The number of nitrogens with zero attached hydrogens (tertiary/aromatic N) is 2. The molecule has 0 unspecified atom stereocenters. The number of aryl methyl sites for hydroxylation is 1. The third-order valence-corrected chi connectivity index (χ3v) is 2.44. The van der Waals surface area contributed by atoms with Crippen LogP contribution in [0, 0.1) is 0 Å². The second-order valence-corrected chi connectivity index (χ2v) is 3.58. The summed E-state index contributed by atoms with van der Waals surface area (Å²) in [6.07, 6.45) is 1.40. The fourth-order valence-corrected chi connectivity index (χ4v) is 1.62. The molecule has 0 amide bonds. The van der Waals surface area contributed by atoms with Crippen molar-refractivity contribution in [3.8, 4) is 0 Å². The molecule has 17 heavy (non-hydrogen) atoms. The molecule has 0 spiro atoms. The Morgan fingerprint density at radius 3 is 2.94 bits per heavy atom. The van der Waals surface area contributed by atoms with Crippen LogP contribution in [-0.4, -0.2) is 22.1 Å². The Morgan fingerprint density at radius 1 is 1.47 bits per heavy atom. The highest BCUT2D eigenvalue weighted by Gasteiger charge is 2.13. The average Bonchev–Trinajstić information content (AvgIpc) is 2.33. The Labute approximate surface area is 97.7 Å². The molecule has 0 atom stereocenters. The predicted octanol–water partition coefficient (Wildman–Crippen LogP) is 1.11. The number of carbonyl (C=O) groups excluding carboxylic acids is 1. The smallest absolute Gasteiger partial charge is 0.340 e. The number of rotatable bonds is 2. The van der Waals surface area contributed by atoms with E-state index < -0.39 is 5.97 Å². The molecule has 0 aliphatic carbocycles. The zero-order valence-corrected chi connectivity index (χ0v) is 9.64. The molecule has 1 aromatic heterocycles. The first-order valence-electron chi connectivity index (χ1n) is 5.26. The van der Waals surface area contributed by atoms with Crippen molar-refractivity contribution in [3.63, 3.8) is 0 Å². The van der Waals surface area contributed by atoms with E-state index in [9.17, 15) is 9.59 Å². The lowest BCUT2D eigenvalue weighted by Crippen LogP contribution is -2.18. The first kappa shape index (κ1) is 11.3. The van der Waals surface area contributed by atoms with Crippen LogP contribution >= 0.6 is 0 Å². The van der Waals surface area contributed by atoms with Gasteiger partial charge in [-0.2, -0.15) is 0 Å². The molecule has 0 N–H and O–H groups in total. The highest BCUT2D eigenvalue weighted by molar-refractivity contribution is 6.02. The summed E-state index contributed by atoms with van der Waals surface area (Å²) >= 11 is 0. The van der Waals surface area contributed by atoms with Gasteiger partial charge < -0.3 is 9.30 Å². The maximum Gasteiger partial charge on any atom is 0.340 e. The summed E-state index contributed by atoms with van der Waals surface area (Å²) in [6.45, 7) is 2.02. The Bertz CT molecular complexity index is 631. The number of fused-ring (bicyclic) bond motifs is 1. The van der Waals surface area contributed by atoms with Crippen molar-refractivity contribution in [1.82, 2.24) is 9.55 Å². The molecule has 0 aliphatic heterocycles. The Hall–Kier alpha value is -2.17. The van der Waals surface area contributed by atoms with E-state index in [-0.39, 0.29) is 5.56 Å². The van der Waals surface area contributed by atoms with Crippen LogP contribution < -0.4 is 5.56 Å². The van der Waals surface area contributed by atoms with Gasteiger partial charge in [-0.15, -0.1) is 0 Å².